The van der Waals surface area contributed by atoms with E-state index in [-0.39, 0.29) is 23.3 Å². The lowest BCUT2D eigenvalue weighted by atomic mass is 10.1. The third-order valence-corrected chi connectivity index (χ3v) is 5.91. The number of carbonyl (C=O) groups is 1. The molecule has 1 aliphatic heterocycles. The van der Waals surface area contributed by atoms with Crippen molar-refractivity contribution in [3.05, 3.63) is 57.7 Å². The largest absolute Gasteiger partial charge is 0.448 e. The van der Waals surface area contributed by atoms with Crippen LogP contribution in [0.25, 0.3) is 11.0 Å². The van der Waals surface area contributed by atoms with E-state index < -0.39 is 5.82 Å². The second-order valence-corrected chi connectivity index (χ2v) is 7.54. The molecule has 1 fully saturated rings. The zero-order chi connectivity index (χ0) is 18.8. The molecule has 1 amide bonds. The van der Waals surface area contributed by atoms with E-state index in [1.165, 1.54) is 10.9 Å². The molecule has 1 N–H and O–H groups in total. The molecule has 142 valence electrons. The van der Waals surface area contributed by atoms with Gasteiger partial charge < -0.3 is 14.5 Å². The summed E-state index contributed by atoms with van der Waals surface area (Å²) < 4.78 is 24.9. The zero-order valence-electron chi connectivity index (χ0n) is 15.0. The monoisotopic (exact) mass is 388 g/mol. The van der Waals surface area contributed by atoms with E-state index in [4.69, 9.17) is 9.15 Å². The Kier molecular flexibility index (Phi) is 5.24. The van der Waals surface area contributed by atoms with Crippen molar-refractivity contribution in [2.24, 2.45) is 0 Å². The van der Waals surface area contributed by atoms with E-state index in [2.05, 4.69) is 16.3 Å². The van der Waals surface area contributed by atoms with Gasteiger partial charge in [0, 0.05) is 35.5 Å². The fraction of sp³-hybridized carbons (Fsp3) is 0.350. The maximum atomic E-state index is 13.9. The molecule has 27 heavy (non-hydrogen) atoms. The predicted molar refractivity (Wildman–Crippen MR) is 103 cm³/mol. The van der Waals surface area contributed by atoms with Crippen LogP contribution in [0.3, 0.4) is 0 Å². The Morgan fingerprint density at radius 2 is 2.11 bits per heavy atom. The van der Waals surface area contributed by atoms with Crippen LogP contribution in [0.2, 0.25) is 0 Å². The smallest absolute Gasteiger partial charge is 0.287 e. The van der Waals surface area contributed by atoms with Crippen molar-refractivity contribution in [1.29, 1.82) is 0 Å². The minimum Gasteiger partial charge on any atom is -0.448 e. The number of benzene rings is 1. The predicted octanol–water partition coefficient (Wildman–Crippen LogP) is 3.75. The Morgan fingerprint density at radius 1 is 1.30 bits per heavy atom. The van der Waals surface area contributed by atoms with E-state index in [9.17, 15) is 9.18 Å². The summed E-state index contributed by atoms with van der Waals surface area (Å²) >= 11 is 1.67. The van der Waals surface area contributed by atoms with Gasteiger partial charge in [-0.1, -0.05) is 18.2 Å². The second-order valence-electron chi connectivity index (χ2n) is 6.56. The summed E-state index contributed by atoms with van der Waals surface area (Å²) in [6.07, 6.45) is 0. The van der Waals surface area contributed by atoms with Crippen molar-refractivity contribution in [3.63, 3.8) is 0 Å². The average Bonchev–Trinajstić information content (AvgIpc) is 3.32. The number of para-hydroxylation sites is 1. The van der Waals surface area contributed by atoms with Gasteiger partial charge in [-0.25, -0.2) is 4.39 Å². The fourth-order valence-electron chi connectivity index (χ4n) is 3.47. The molecule has 1 atom stereocenters. The summed E-state index contributed by atoms with van der Waals surface area (Å²) in [4.78, 5) is 16.3. The number of halogens is 1. The maximum absolute atomic E-state index is 13.9. The fourth-order valence-corrected chi connectivity index (χ4v) is 4.34. The van der Waals surface area contributed by atoms with Gasteiger partial charge in [0.1, 0.15) is 0 Å². The van der Waals surface area contributed by atoms with E-state index in [1.807, 2.05) is 11.4 Å². The van der Waals surface area contributed by atoms with Crippen LogP contribution >= 0.6 is 11.3 Å². The highest BCUT2D eigenvalue weighted by Gasteiger charge is 2.25. The molecule has 0 bridgehead atoms. The Labute approximate surface area is 160 Å². The quantitative estimate of drug-likeness (QED) is 0.723. The molecule has 7 heteroatoms. The Hall–Kier alpha value is -2.22. The van der Waals surface area contributed by atoms with Crippen molar-refractivity contribution >= 4 is 28.2 Å². The lowest BCUT2D eigenvalue weighted by molar-refractivity contribution is 0.0168. The molecule has 3 aromatic rings. The number of furan rings is 1. The van der Waals surface area contributed by atoms with Crippen molar-refractivity contribution in [2.45, 2.75) is 13.0 Å². The summed E-state index contributed by atoms with van der Waals surface area (Å²) in [6, 6.07) is 8.89. The van der Waals surface area contributed by atoms with E-state index >= 15 is 0 Å². The van der Waals surface area contributed by atoms with Crippen LogP contribution in [0.4, 0.5) is 4.39 Å². The van der Waals surface area contributed by atoms with Crippen LogP contribution in [0.15, 0.2) is 40.1 Å². The maximum Gasteiger partial charge on any atom is 0.287 e. The Balaban J connectivity index is 1.53. The first-order valence-electron chi connectivity index (χ1n) is 8.96. The summed E-state index contributed by atoms with van der Waals surface area (Å²) in [6.45, 7) is 5.27. The summed E-state index contributed by atoms with van der Waals surface area (Å²) in [5.41, 5.74) is 0.782. The van der Waals surface area contributed by atoms with Crippen molar-refractivity contribution in [3.8, 4) is 0 Å². The number of hydrogen-bond donors (Lipinski definition) is 1. The topological polar surface area (TPSA) is 54.7 Å². The van der Waals surface area contributed by atoms with Gasteiger partial charge in [0.2, 0.25) is 0 Å². The number of rotatable bonds is 5. The second kappa shape index (κ2) is 7.80. The molecule has 0 radical (unpaired) electrons. The van der Waals surface area contributed by atoms with Crippen molar-refractivity contribution in [2.75, 3.05) is 32.8 Å². The molecular formula is C20H21FN2O3S. The number of fused-ring (bicyclic) bond motifs is 1. The lowest BCUT2D eigenvalue weighted by Crippen LogP contribution is -2.43. The van der Waals surface area contributed by atoms with Gasteiger partial charge in [-0.3, -0.25) is 9.69 Å². The Morgan fingerprint density at radius 3 is 2.81 bits per heavy atom. The van der Waals surface area contributed by atoms with Gasteiger partial charge in [0.15, 0.2) is 17.2 Å². The van der Waals surface area contributed by atoms with Crippen molar-refractivity contribution in [1.82, 2.24) is 10.2 Å². The highest BCUT2D eigenvalue weighted by molar-refractivity contribution is 7.10. The van der Waals surface area contributed by atoms with E-state index in [1.54, 1.807) is 30.4 Å². The molecular weight excluding hydrogens is 367 g/mol. The summed E-state index contributed by atoms with van der Waals surface area (Å²) in [7, 11) is 0. The third kappa shape index (κ3) is 3.63. The number of morpholine rings is 1. The molecule has 0 spiro atoms. The average molecular weight is 388 g/mol. The lowest BCUT2D eigenvalue weighted by Gasteiger charge is -2.34. The third-order valence-electron chi connectivity index (χ3n) is 4.94. The normalized spacial score (nSPS) is 16.5. The first-order valence-corrected chi connectivity index (χ1v) is 9.84. The zero-order valence-corrected chi connectivity index (χ0v) is 15.9. The SMILES string of the molecule is Cc1c(C(=O)NCC(c2cccs2)N2CCOCC2)oc2c(F)cccc12. The highest BCUT2D eigenvalue weighted by atomic mass is 32.1. The molecule has 1 unspecified atom stereocenters. The molecule has 0 aliphatic carbocycles. The number of amides is 1. The van der Waals surface area contributed by atoms with Gasteiger partial charge in [-0.15, -0.1) is 11.3 Å². The molecule has 3 heterocycles. The van der Waals surface area contributed by atoms with Gasteiger partial charge in [-0.05, 0) is 24.4 Å². The number of thiophene rings is 1. The number of aryl methyl sites for hydroxylation is 1. The first-order chi connectivity index (χ1) is 13.1. The summed E-state index contributed by atoms with van der Waals surface area (Å²) in [5.74, 6) is -0.612. The molecule has 4 rings (SSSR count). The molecule has 1 saturated heterocycles. The van der Waals surface area contributed by atoms with Crippen LogP contribution in [0, 0.1) is 12.7 Å². The first kappa shape index (κ1) is 18.2. The van der Waals surface area contributed by atoms with Crippen LogP contribution in [0.5, 0.6) is 0 Å². The van der Waals surface area contributed by atoms with E-state index in [0.717, 1.165) is 13.1 Å². The number of carbonyl (C=O) groups excluding carboxylic acids is 1. The minimum atomic E-state index is -0.459. The van der Waals surface area contributed by atoms with Gasteiger partial charge in [-0.2, -0.15) is 0 Å². The standard InChI is InChI=1S/C20H21FN2O3S/c1-13-14-4-2-5-15(21)19(14)26-18(13)20(24)22-12-16(17-6-3-11-27-17)23-7-9-25-10-8-23/h2-6,11,16H,7-10,12H2,1H3,(H,22,24). The minimum absolute atomic E-state index is 0.0827. The number of ether oxygens (including phenoxy) is 1. The van der Waals surface area contributed by atoms with Gasteiger partial charge in [0.05, 0.1) is 19.3 Å². The Bertz CT molecular complexity index is 932. The molecule has 1 aliphatic rings. The number of nitrogens with one attached hydrogen (secondary N) is 1. The molecule has 1 aromatic carbocycles. The van der Waals surface area contributed by atoms with Crippen molar-refractivity contribution < 1.29 is 18.3 Å². The molecule has 0 saturated carbocycles. The number of nitrogens with zero attached hydrogens (tertiary/aromatic N) is 1. The van der Waals surface area contributed by atoms with Gasteiger partial charge in [0.25, 0.3) is 5.91 Å². The highest BCUT2D eigenvalue weighted by Crippen LogP contribution is 2.28. The van der Waals surface area contributed by atoms with Gasteiger partial charge >= 0.3 is 0 Å². The summed E-state index contributed by atoms with van der Waals surface area (Å²) in [5, 5.41) is 5.64. The molecule has 5 nitrogen and oxygen atoms in total. The number of hydrogen-bond acceptors (Lipinski definition) is 5. The van der Waals surface area contributed by atoms with Crippen LogP contribution in [-0.4, -0.2) is 43.7 Å². The van der Waals surface area contributed by atoms with Crippen LogP contribution < -0.4 is 5.32 Å². The molecule has 2 aromatic heterocycles. The van der Waals surface area contributed by atoms with Crippen LogP contribution in [0.1, 0.15) is 27.0 Å². The van der Waals surface area contributed by atoms with Crippen LogP contribution in [-0.2, 0) is 4.74 Å². The van der Waals surface area contributed by atoms with E-state index in [0.29, 0.717) is 30.7 Å².